The number of aromatic nitrogens is 1. The summed E-state index contributed by atoms with van der Waals surface area (Å²) in [5.74, 6) is -1.90. The van der Waals surface area contributed by atoms with E-state index in [2.05, 4.69) is 10.3 Å². The molecule has 1 fully saturated rings. The lowest BCUT2D eigenvalue weighted by Crippen LogP contribution is -2.37. The minimum absolute atomic E-state index is 0.0178. The first-order chi connectivity index (χ1) is 10.3. The number of nitrogens with one attached hydrogen (secondary N) is 1. The largest absolute Gasteiger partial charge is 0.444 e. The number of morpholine rings is 1. The lowest BCUT2D eigenvalue weighted by Gasteiger charge is -2.28. The van der Waals surface area contributed by atoms with Gasteiger partial charge >= 0.3 is 6.09 Å². The van der Waals surface area contributed by atoms with Crippen LogP contribution in [0.25, 0.3) is 0 Å². The van der Waals surface area contributed by atoms with Gasteiger partial charge in [-0.2, -0.15) is 0 Å². The Labute approximate surface area is 127 Å². The molecule has 1 aromatic heterocycles. The van der Waals surface area contributed by atoms with Crippen molar-refractivity contribution in [2.24, 2.45) is 0 Å². The maximum atomic E-state index is 14.5. The molecule has 0 saturated carbocycles. The third kappa shape index (κ3) is 4.03. The van der Waals surface area contributed by atoms with Crippen LogP contribution in [-0.4, -0.2) is 43.0 Å². The number of carbonyl (C=O) groups excluding carboxylic acids is 1. The summed E-state index contributed by atoms with van der Waals surface area (Å²) < 4.78 is 38.4. The average Bonchev–Trinajstić information content (AvgIpc) is 2.42. The van der Waals surface area contributed by atoms with Gasteiger partial charge in [-0.3, -0.25) is 5.32 Å². The van der Waals surface area contributed by atoms with Gasteiger partial charge in [0.2, 0.25) is 0 Å². The lowest BCUT2D eigenvalue weighted by molar-refractivity contribution is 0.0634. The molecule has 1 amide bonds. The standard InChI is InChI=1S/C14H19F2N3O3/c1-14(2,3)22-13(20)18-11-9(15)8-17-12(10(11)16)19-4-6-21-7-5-19/h8H,4-7H2,1-3H3,(H,17,18,20). The molecule has 1 saturated heterocycles. The van der Waals surface area contributed by atoms with Gasteiger partial charge in [0.1, 0.15) is 11.3 Å². The van der Waals surface area contributed by atoms with E-state index in [9.17, 15) is 13.6 Å². The molecule has 8 heteroatoms. The minimum atomic E-state index is -0.958. The van der Waals surface area contributed by atoms with Gasteiger partial charge in [0, 0.05) is 13.1 Å². The molecular weight excluding hydrogens is 296 g/mol. The van der Waals surface area contributed by atoms with Gasteiger partial charge < -0.3 is 14.4 Å². The molecule has 1 aromatic rings. The third-order valence-corrected chi connectivity index (χ3v) is 2.89. The molecule has 22 heavy (non-hydrogen) atoms. The van der Waals surface area contributed by atoms with Crippen LogP contribution in [0.1, 0.15) is 20.8 Å². The highest BCUT2D eigenvalue weighted by Crippen LogP contribution is 2.27. The fourth-order valence-corrected chi connectivity index (χ4v) is 1.97. The van der Waals surface area contributed by atoms with Gasteiger partial charge in [-0.15, -0.1) is 0 Å². The molecular formula is C14H19F2N3O3. The Morgan fingerprint density at radius 3 is 2.59 bits per heavy atom. The smallest absolute Gasteiger partial charge is 0.412 e. The van der Waals surface area contributed by atoms with E-state index in [0.717, 1.165) is 6.20 Å². The van der Waals surface area contributed by atoms with Crippen LogP contribution in [0.4, 0.5) is 25.1 Å². The second kappa shape index (κ2) is 6.43. The van der Waals surface area contributed by atoms with Gasteiger partial charge in [-0.1, -0.05) is 0 Å². The van der Waals surface area contributed by atoms with E-state index in [1.165, 1.54) is 0 Å². The molecule has 0 radical (unpaired) electrons. The summed E-state index contributed by atoms with van der Waals surface area (Å²) >= 11 is 0. The van der Waals surface area contributed by atoms with E-state index in [1.807, 2.05) is 0 Å². The van der Waals surface area contributed by atoms with Gasteiger partial charge in [0.25, 0.3) is 0 Å². The predicted octanol–water partition coefficient (Wildman–Crippen LogP) is 2.54. The number of amides is 1. The minimum Gasteiger partial charge on any atom is -0.444 e. The number of carbonyl (C=O) groups is 1. The molecule has 1 aliphatic heterocycles. The zero-order valence-corrected chi connectivity index (χ0v) is 12.8. The highest BCUT2D eigenvalue weighted by Gasteiger charge is 2.24. The van der Waals surface area contributed by atoms with E-state index >= 15 is 0 Å². The van der Waals surface area contributed by atoms with Crippen LogP contribution in [0.3, 0.4) is 0 Å². The zero-order chi connectivity index (χ0) is 16.3. The summed E-state index contributed by atoms with van der Waals surface area (Å²) in [6, 6.07) is 0. The van der Waals surface area contributed by atoms with Crippen LogP contribution in [0.5, 0.6) is 0 Å². The topological polar surface area (TPSA) is 63.7 Å². The number of ether oxygens (including phenoxy) is 2. The number of rotatable bonds is 2. The second-order valence-corrected chi connectivity index (χ2v) is 5.85. The van der Waals surface area contributed by atoms with Gasteiger partial charge in [-0.25, -0.2) is 18.6 Å². The number of nitrogens with zero attached hydrogens (tertiary/aromatic N) is 2. The molecule has 0 spiro atoms. The highest BCUT2D eigenvalue weighted by atomic mass is 19.1. The molecule has 2 heterocycles. The van der Waals surface area contributed by atoms with Crippen LogP contribution < -0.4 is 10.2 Å². The Kier molecular flexibility index (Phi) is 4.80. The molecule has 0 aliphatic carbocycles. The number of hydrogen-bond acceptors (Lipinski definition) is 5. The van der Waals surface area contributed by atoms with Gasteiger partial charge in [0.05, 0.1) is 19.4 Å². The van der Waals surface area contributed by atoms with Crippen molar-refractivity contribution < 1.29 is 23.0 Å². The number of halogens is 2. The Morgan fingerprint density at radius 1 is 1.36 bits per heavy atom. The Hall–Kier alpha value is -1.96. The van der Waals surface area contributed by atoms with E-state index < -0.39 is 29.0 Å². The molecule has 1 aliphatic rings. The average molecular weight is 315 g/mol. The van der Waals surface area contributed by atoms with Crippen molar-refractivity contribution in [2.45, 2.75) is 26.4 Å². The molecule has 0 atom stereocenters. The van der Waals surface area contributed by atoms with Crippen LogP contribution >= 0.6 is 0 Å². The van der Waals surface area contributed by atoms with Crippen LogP contribution in [0.2, 0.25) is 0 Å². The van der Waals surface area contributed by atoms with Gasteiger partial charge in [-0.05, 0) is 20.8 Å². The Bertz CT molecular complexity index is 555. The molecule has 1 N–H and O–H groups in total. The fourth-order valence-electron chi connectivity index (χ4n) is 1.97. The van der Waals surface area contributed by atoms with Crippen molar-refractivity contribution in [1.82, 2.24) is 4.98 Å². The molecule has 2 rings (SSSR count). The molecule has 122 valence electrons. The number of hydrogen-bond donors (Lipinski definition) is 1. The normalized spacial score (nSPS) is 15.6. The van der Waals surface area contributed by atoms with E-state index in [1.54, 1.807) is 25.7 Å². The second-order valence-electron chi connectivity index (χ2n) is 5.85. The first-order valence-corrected chi connectivity index (χ1v) is 6.94. The van der Waals surface area contributed by atoms with Crippen molar-refractivity contribution in [1.29, 1.82) is 0 Å². The quantitative estimate of drug-likeness (QED) is 0.908. The van der Waals surface area contributed by atoms with E-state index in [0.29, 0.717) is 26.3 Å². The first-order valence-electron chi connectivity index (χ1n) is 6.94. The maximum absolute atomic E-state index is 14.5. The van der Waals surface area contributed by atoms with E-state index in [4.69, 9.17) is 9.47 Å². The molecule has 0 unspecified atom stereocenters. The zero-order valence-electron chi connectivity index (χ0n) is 12.8. The van der Waals surface area contributed by atoms with E-state index in [-0.39, 0.29) is 5.82 Å². The van der Waals surface area contributed by atoms with Crippen molar-refractivity contribution >= 4 is 17.6 Å². The molecule has 6 nitrogen and oxygen atoms in total. The highest BCUT2D eigenvalue weighted by molar-refractivity contribution is 5.85. The predicted molar refractivity (Wildman–Crippen MR) is 77.0 cm³/mol. The third-order valence-electron chi connectivity index (χ3n) is 2.89. The number of anilines is 2. The summed E-state index contributed by atoms with van der Waals surface area (Å²) in [4.78, 5) is 17.1. The van der Waals surface area contributed by atoms with Crippen LogP contribution in [0.15, 0.2) is 6.20 Å². The van der Waals surface area contributed by atoms with Crippen molar-refractivity contribution in [3.63, 3.8) is 0 Å². The fraction of sp³-hybridized carbons (Fsp3) is 0.571. The summed E-state index contributed by atoms with van der Waals surface area (Å²) in [6.07, 6.45) is -0.0509. The lowest BCUT2D eigenvalue weighted by atomic mass is 10.2. The Balaban J connectivity index is 2.21. The molecule has 0 bridgehead atoms. The molecule has 0 aromatic carbocycles. The van der Waals surface area contributed by atoms with Crippen molar-refractivity contribution in [2.75, 3.05) is 36.5 Å². The van der Waals surface area contributed by atoms with Crippen molar-refractivity contribution in [3.05, 3.63) is 17.8 Å². The summed E-state index contributed by atoms with van der Waals surface area (Å²) in [5, 5.41) is 2.11. The van der Waals surface area contributed by atoms with Crippen molar-refractivity contribution in [3.8, 4) is 0 Å². The first kappa shape index (κ1) is 16.4. The summed E-state index contributed by atoms with van der Waals surface area (Å²) in [7, 11) is 0. The maximum Gasteiger partial charge on any atom is 0.412 e. The number of pyridine rings is 1. The van der Waals surface area contributed by atoms with Crippen LogP contribution in [-0.2, 0) is 9.47 Å². The Morgan fingerprint density at radius 2 is 2.00 bits per heavy atom. The summed E-state index contributed by atoms with van der Waals surface area (Å²) in [5.41, 5.74) is -1.33. The van der Waals surface area contributed by atoms with Gasteiger partial charge in [0.15, 0.2) is 17.5 Å². The summed E-state index contributed by atoms with van der Waals surface area (Å²) in [6.45, 7) is 6.74. The monoisotopic (exact) mass is 315 g/mol. The SMILES string of the molecule is CC(C)(C)OC(=O)Nc1c(F)cnc(N2CCOCC2)c1F. The van der Waals surface area contributed by atoms with Crippen LogP contribution in [0, 0.1) is 11.6 Å².